The van der Waals surface area contributed by atoms with E-state index in [0.717, 1.165) is 11.3 Å². The Hall–Kier alpha value is -4.07. The van der Waals surface area contributed by atoms with Crippen LogP contribution in [0, 0.1) is 0 Å². The molecule has 31 heavy (non-hydrogen) atoms. The third kappa shape index (κ3) is 2.87. The van der Waals surface area contributed by atoms with Crippen molar-refractivity contribution in [1.29, 1.82) is 0 Å². The van der Waals surface area contributed by atoms with Gasteiger partial charge in [-0.15, -0.1) is 0 Å². The van der Waals surface area contributed by atoms with Gasteiger partial charge in [-0.05, 0) is 30.2 Å². The number of benzene rings is 2. The van der Waals surface area contributed by atoms with Crippen molar-refractivity contribution in [2.24, 2.45) is 0 Å². The minimum atomic E-state index is -0.120. The van der Waals surface area contributed by atoms with E-state index in [4.69, 9.17) is 14.5 Å². The van der Waals surface area contributed by atoms with Crippen molar-refractivity contribution in [2.75, 3.05) is 13.3 Å². The predicted molar refractivity (Wildman–Crippen MR) is 112 cm³/mol. The largest absolute Gasteiger partial charge is 0.454 e. The Bertz CT molecular complexity index is 1390. The van der Waals surface area contributed by atoms with Gasteiger partial charge in [-0.2, -0.15) is 0 Å². The maximum absolute atomic E-state index is 13.1. The summed E-state index contributed by atoms with van der Waals surface area (Å²) in [6, 6.07) is 16.8. The third-order valence-corrected chi connectivity index (χ3v) is 5.76. The number of aromatic nitrogens is 3. The van der Waals surface area contributed by atoms with E-state index in [0.29, 0.717) is 53.5 Å². The number of hydrogen-bond acceptors (Lipinski definition) is 5. The maximum atomic E-state index is 13.1. The lowest BCUT2D eigenvalue weighted by atomic mass is 10.0. The molecule has 2 aromatic carbocycles. The lowest BCUT2D eigenvalue weighted by molar-refractivity contribution is 0.0731. The molecule has 4 aromatic rings. The average Bonchev–Trinajstić information content (AvgIpc) is 3.45. The van der Waals surface area contributed by atoms with Crippen LogP contribution in [0.4, 0.5) is 0 Å². The maximum Gasteiger partial charge on any atom is 0.276 e. The quantitative estimate of drug-likeness (QED) is 0.545. The molecule has 0 saturated heterocycles. The summed E-state index contributed by atoms with van der Waals surface area (Å²) in [6.07, 6.45) is 0.458. The van der Waals surface area contributed by atoms with Gasteiger partial charge in [0.2, 0.25) is 6.79 Å². The van der Waals surface area contributed by atoms with Crippen molar-refractivity contribution in [3.8, 4) is 22.8 Å². The highest BCUT2D eigenvalue weighted by Gasteiger charge is 2.27. The molecule has 0 fully saturated rings. The van der Waals surface area contributed by atoms with Crippen LogP contribution in [-0.4, -0.2) is 38.7 Å². The van der Waals surface area contributed by atoms with E-state index in [1.54, 1.807) is 23.1 Å². The van der Waals surface area contributed by atoms with Crippen LogP contribution in [0.5, 0.6) is 11.5 Å². The molecule has 6 rings (SSSR count). The van der Waals surface area contributed by atoms with E-state index in [-0.39, 0.29) is 18.3 Å². The molecule has 4 heterocycles. The molecule has 0 unspecified atom stereocenters. The van der Waals surface area contributed by atoms with E-state index < -0.39 is 0 Å². The lowest BCUT2D eigenvalue weighted by Crippen LogP contribution is -2.39. The molecule has 0 atom stereocenters. The Morgan fingerprint density at radius 1 is 1.03 bits per heavy atom. The summed E-state index contributed by atoms with van der Waals surface area (Å²) < 4.78 is 12.2. The fourth-order valence-corrected chi connectivity index (χ4v) is 4.14. The number of fused-ring (bicyclic) bond motifs is 3. The Balaban J connectivity index is 1.34. The van der Waals surface area contributed by atoms with Gasteiger partial charge in [0.15, 0.2) is 17.1 Å². The fourth-order valence-electron chi connectivity index (χ4n) is 4.14. The molecule has 0 spiro atoms. The van der Waals surface area contributed by atoms with Gasteiger partial charge < -0.3 is 14.4 Å². The molecule has 2 aromatic heterocycles. The predicted octanol–water partition coefficient (Wildman–Crippen LogP) is 2.62. The van der Waals surface area contributed by atoms with E-state index >= 15 is 0 Å². The number of aromatic amines is 1. The number of carbonyl (C=O) groups is 1. The first-order valence-electron chi connectivity index (χ1n) is 10.1. The minimum Gasteiger partial charge on any atom is -0.454 e. The molecule has 1 amide bonds. The SMILES string of the molecule is O=C(c1ccc2c(c1)OCO2)N1CCc2c(nc3cc(-c4ccccc4)[nH]n3c2=O)C1. The van der Waals surface area contributed by atoms with Gasteiger partial charge in [-0.25, -0.2) is 9.50 Å². The Morgan fingerprint density at radius 3 is 2.74 bits per heavy atom. The summed E-state index contributed by atoms with van der Waals surface area (Å²) in [5, 5.41) is 3.15. The smallest absolute Gasteiger partial charge is 0.276 e. The van der Waals surface area contributed by atoms with Gasteiger partial charge in [-0.1, -0.05) is 30.3 Å². The number of nitrogens with zero attached hydrogens (tertiary/aromatic N) is 3. The van der Waals surface area contributed by atoms with Crippen molar-refractivity contribution < 1.29 is 14.3 Å². The van der Waals surface area contributed by atoms with Crippen LogP contribution >= 0.6 is 0 Å². The molecule has 0 radical (unpaired) electrons. The first-order chi connectivity index (χ1) is 15.2. The number of hydrogen-bond donors (Lipinski definition) is 1. The highest BCUT2D eigenvalue weighted by atomic mass is 16.7. The Morgan fingerprint density at radius 2 is 1.87 bits per heavy atom. The van der Waals surface area contributed by atoms with Gasteiger partial charge in [0.05, 0.1) is 17.9 Å². The van der Waals surface area contributed by atoms with Crippen LogP contribution in [0.2, 0.25) is 0 Å². The summed E-state index contributed by atoms with van der Waals surface area (Å²) in [7, 11) is 0. The standard InChI is InChI=1S/C23H18N4O4/c28-22(15-6-7-19-20(10-15)31-13-30-19)26-9-8-16-18(12-26)24-21-11-17(25-27(21)23(16)29)14-4-2-1-3-5-14/h1-7,10-11,25H,8-9,12-13H2. The fraction of sp³-hybridized carbons (Fsp3) is 0.174. The summed E-state index contributed by atoms with van der Waals surface area (Å²) in [4.78, 5) is 32.5. The van der Waals surface area contributed by atoms with Crippen molar-refractivity contribution >= 4 is 11.6 Å². The summed E-state index contributed by atoms with van der Waals surface area (Å²) in [6.45, 7) is 0.908. The minimum absolute atomic E-state index is 0.114. The van der Waals surface area contributed by atoms with Crippen molar-refractivity contribution in [1.82, 2.24) is 19.5 Å². The zero-order valence-electron chi connectivity index (χ0n) is 16.5. The molecule has 154 valence electrons. The van der Waals surface area contributed by atoms with Gasteiger partial charge in [0.1, 0.15) is 0 Å². The third-order valence-electron chi connectivity index (χ3n) is 5.76. The number of carbonyl (C=O) groups excluding carboxylic acids is 1. The molecule has 2 aliphatic heterocycles. The number of nitrogens with one attached hydrogen (secondary N) is 1. The first-order valence-corrected chi connectivity index (χ1v) is 10.1. The summed E-state index contributed by atoms with van der Waals surface area (Å²) in [5.41, 5.74) is 4.04. The molecule has 2 aliphatic rings. The van der Waals surface area contributed by atoms with E-state index in [1.165, 1.54) is 4.52 Å². The second kappa shape index (κ2) is 6.73. The van der Waals surface area contributed by atoms with Crippen molar-refractivity contribution in [3.63, 3.8) is 0 Å². The van der Waals surface area contributed by atoms with Gasteiger partial charge in [0.25, 0.3) is 11.5 Å². The Labute approximate surface area is 176 Å². The zero-order valence-corrected chi connectivity index (χ0v) is 16.5. The summed E-state index contributed by atoms with van der Waals surface area (Å²) in [5.74, 6) is 1.09. The van der Waals surface area contributed by atoms with Crippen LogP contribution < -0.4 is 15.0 Å². The zero-order chi connectivity index (χ0) is 20.9. The van der Waals surface area contributed by atoms with Crippen molar-refractivity contribution in [3.05, 3.63) is 81.8 Å². The normalized spacial score (nSPS) is 14.6. The van der Waals surface area contributed by atoms with Crippen LogP contribution in [0.25, 0.3) is 16.9 Å². The molecule has 0 bridgehead atoms. The average molecular weight is 414 g/mol. The van der Waals surface area contributed by atoms with Crippen molar-refractivity contribution in [2.45, 2.75) is 13.0 Å². The molecule has 0 aliphatic carbocycles. The topological polar surface area (TPSA) is 88.9 Å². The molecular weight excluding hydrogens is 396 g/mol. The molecule has 0 saturated carbocycles. The lowest BCUT2D eigenvalue weighted by Gasteiger charge is -2.27. The second-order valence-electron chi connectivity index (χ2n) is 7.62. The van der Waals surface area contributed by atoms with E-state index in [1.807, 2.05) is 36.4 Å². The molecular formula is C23H18N4O4. The molecule has 1 N–H and O–H groups in total. The molecule has 8 nitrogen and oxygen atoms in total. The van der Waals surface area contributed by atoms with E-state index in [9.17, 15) is 9.59 Å². The highest BCUT2D eigenvalue weighted by molar-refractivity contribution is 5.95. The van der Waals surface area contributed by atoms with E-state index in [2.05, 4.69) is 5.10 Å². The van der Waals surface area contributed by atoms with Crippen LogP contribution in [0.3, 0.4) is 0 Å². The number of amides is 1. The number of H-pyrrole nitrogens is 1. The summed E-state index contributed by atoms with van der Waals surface area (Å²) >= 11 is 0. The number of ether oxygens (including phenoxy) is 2. The monoisotopic (exact) mass is 414 g/mol. The number of rotatable bonds is 2. The van der Waals surface area contributed by atoms with Gasteiger partial charge in [-0.3, -0.25) is 14.7 Å². The van der Waals surface area contributed by atoms with Crippen LogP contribution in [0.15, 0.2) is 59.4 Å². The van der Waals surface area contributed by atoms with Crippen LogP contribution in [-0.2, 0) is 13.0 Å². The first kappa shape index (κ1) is 17.8. The van der Waals surface area contributed by atoms with Crippen LogP contribution in [0.1, 0.15) is 21.6 Å². The highest BCUT2D eigenvalue weighted by Crippen LogP contribution is 2.33. The van der Waals surface area contributed by atoms with Gasteiger partial charge in [0, 0.05) is 23.7 Å². The molecule has 8 heteroatoms. The second-order valence-corrected chi connectivity index (χ2v) is 7.62. The van der Waals surface area contributed by atoms with Gasteiger partial charge >= 0.3 is 0 Å². The Kier molecular flexibility index (Phi) is 3.86.